The van der Waals surface area contributed by atoms with Gasteiger partial charge in [0.1, 0.15) is 0 Å². The van der Waals surface area contributed by atoms with Crippen LogP contribution in [0, 0.1) is 28.6 Å². The molecule has 1 amide bonds. The van der Waals surface area contributed by atoms with Gasteiger partial charge in [-0.2, -0.15) is 0 Å². The number of nitrogens with two attached hydrogens (primary N) is 1. The number of ether oxygens (including phenoxy) is 1. The van der Waals surface area contributed by atoms with Crippen LogP contribution in [-0.2, 0) is 9.53 Å². The van der Waals surface area contributed by atoms with Crippen LogP contribution in [0.15, 0.2) is 11.6 Å². The van der Waals surface area contributed by atoms with Crippen molar-refractivity contribution in [1.29, 1.82) is 0 Å². The summed E-state index contributed by atoms with van der Waals surface area (Å²) in [5.74, 6) is 1.81. The summed E-state index contributed by atoms with van der Waals surface area (Å²) in [5, 5.41) is 0. The first-order valence-electron chi connectivity index (χ1n) is 10.6. The highest BCUT2D eigenvalue weighted by Crippen LogP contribution is 2.66. The van der Waals surface area contributed by atoms with Crippen molar-refractivity contribution >= 4 is 5.91 Å². The molecule has 3 heteroatoms. The zero-order valence-corrected chi connectivity index (χ0v) is 16.3. The summed E-state index contributed by atoms with van der Waals surface area (Å²) >= 11 is 0. The van der Waals surface area contributed by atoms with Gasteiger partial charge in [0.05, 0.1) is 11.0 Å². The normalized spacial score (nSPS) is 49.4. The van der Waals surface area contributed by atoms with Gasteiger partial charge in [-0.25, -0.2) is 0 Å². The third kappa shape index (κ3) is 2.17. The number of hydrogen-bond acceptors (Lipinski definition) is 2. The van der Waals surface area contributed by atoms with Gasteiger partial charge in [-0.05, 0) is 74.5 Å². The van der Waals surface area contributed by atoms with Crippen LogP contribution >= 0.6 is 0 Å². The quantitative estimate of drug-likeness (QED) is 0.744. The zero-order chi connectivity index (χ0) is 17.9. The first kappa shape index (κ1) is 17.6. The van der Waals surface area contributed by atoms with Gasteiger partial charge in [0.25, 0.3) is 0 Å². The number of amides is 1. The Bertz CT molecular complexity index is 599. The Labute approximate surface area is 152 Å². The van der Waals surface area contributed by atoms with Crippen molar-refractivity contribution < 1.29 is 9.53 Å². The lowest BCUT2D eigenvalue weighted by atomic mass is 9.44. The van der Waals surface area contributed by atoms with Gasteiger partial charge in [0.15, 0.2) is 0 Å². The molecule has 1 heterocycles. The maximum Gasteiger partial charge on any atom is 0.227 e. The highest BCUT2D eigenvalue weighted by molar-refractivity contribution is 5.85. The fraction of sp³-hybridized carbons (Fsp3) is 0.864. The van der Waals surface area contributed by atoms with E-state index >= 15 is 0 Å². The van der Waals surface area contributed by atoms with Gasteiger partial charge in [-0.3, -0.25) is 4.79 Å². The van der Waals surface area contributed by atoms with E-state index in [1.165, 1.54) is 18.4 Å². The molecule has 5 unspecified atom stereocenters. The average molecular weight is 346 g/mol. The zero-order valence-electron chi connectivity index (χ0n) is 16.3. The molecule has 0 aromatic carbocycles. The number of allylic oxidation sites excluding steroid dienone is 1. The molecule has 3 aliphatic carbocycles. The van der Waals surface area contributed by atoms with Crippen molar-refractivity contribution in [2.24, 2.45) is 34.3 Å². The summed E-state index contributed by atoms with van der Waals surface area (Å²) in [6.45, 7) is 8.13. The van der Waals surface area contributed by atoms with Crippen LogP contribution in [0.4, 0.5) is 0 Å². The summed E-state index contributed by atoms with van der Waals surface area (Å²) in [5.41, 5.74) is 7.25. The molecule has 25 heavy (non-hydrogen) atoms. The van der Waals surface area contributed by atoms with Crippen LogP contribution in [0.5, 0.6) is 0 Å². The van der Waals surface area contributed by atoms with E-state index in [-0.39, 0.29) is 22.3 Å². The third-order valence-electron chi connectivity index (χ3n) is 8.89. The largest absolute Gasteiger partial charge is 0.374 e. The Balaban J connectivity index is 1.73. The fourth-order valence-electron chi connectivity index (χ4n) is 7.55. The van der Waals surface area contributed by atoms with Gasteiger partial charge in [-0.1, -0.05) is 38.8 Å². The van der Waals surface area contributed by atoms with Gasteiger partial charge in [0, 0.05) is 6.61 Å². The van der Waals surface area contributed by atoms with Crippen LogP contribution in [-0.4, -0.2) is 18.1 Å². The van der Waals surface area contributed by atoms with E-state index in [1.54, 1.807) is 0 Å². The van der Waals surface area contributed by atoms with Crippen LogP contribution in [0.25, 0.3) is 0 Å². The Morgan fingerprint density at radius 2 is 2.08 bits per heavy atom. The molecule has 6 atom stereocenters. The standard InChI is InChI=1S/C22H35NO2/c1-4-16-9-14-25-22(16)13-12-20(3)17(15(22)2)8-11-21(19(23)24)10-6-5-7-18(20)21/h7,15-17H,4-6,8-14H2,1-3H3,(H2,23,24)/t15?,16?,17?,20-,21?,22?/m0/s1. The summed E-state index contributed by atoms with van der Waals surface area (Å²) in [7, 11) is 0. The SMILES string of the molecule is CCC1CCOC12CC[C@]1(C)C3=CCCCC3(C(N)=O)CCC1C2C. The van der Waals surface area contributed by atoms with E-state index in [9.17, 15) is 4.79 Å². The van der Waals surface area contributed by atoms with Crippen molar-refractivity contribution in [3.8, 4) is 0 Å². The number of fused-ring (bicyclic) bond motifs is 3. The summed E-state index contributed by atoms with van der Waals surface area (Å²) < 4.78 is 6.49. The number of carbonyl (C=O) groups is 1. The summed E-state index contributed by atoms with van der Waals surface area (Å²) in [6.07, 6.45) is 12.4. The maximum atomic E-state index is 12.5. The second-order valence-corrected chi connectivity index (χ2v) is 9.50. The second kappa shape index (κ2) is 5.84. The lowest BCUT2D eigenvalue weighted by Gasteiger charge is -2.61. The molecule has 1 aliphatic heterocycles. The first-order valence-corrected chi connectivity index (χ1v) is 10.6. The first-order chi connectivity index (χ1) is 11.9. The van der Waals surface area contributed by atoms with Crippen LogP contribution in [0.3, 0.4) is 0 Å². The van der Waals surface area contributed by atoms with Crippen molar-refractivity contribution in [2.75, 3.05) is 6.61 Å². The minimum absolute atomic E-state index is 0.0744. The molecule has 4 aliphatic rings. The molecule has 1 spiro atoms. The highest BCUT2D eigenvalue weighted by Gasteiger charge is 2.63. The predicted molar refractivity (Wildman–Crippen MR) is 99.9 cm³/mol. The van der Waals surface area contributed by atoms with Crippen LogP contribution in [0.1, 0.15) is 78.6 Å². The summed E-state index contributed by atoms with van der Waals surface area (Å²) in [6, 6.07) is 0. The third-order valence-corrected chi connectivity index (χ3v) is 8.89. The monoisotopic (exact) mass is 345 g/mol. The minimum Gasteiger partial charge on any atom is -0.374 e. The molecule has 0 aromatic heterocycles. The topological polar surface area (TPSA) is 52.3 Å². The van der Waals surface area contributed by atoms with Crippen LogP contribution in [0.2, 0.25) is 0 Å². The minimum atomic E-state index is -0.353. The molecular formula is C22H35NO2. The predicted octanol–water partition coefficient (Wildman–Crippen LogP) is 4.60. The number of rotatable bonds is 2. The number of carbonyl (C=O) groups excluding carboxylic acids is 1. The average Bonchev–Trinajstić information content (AvgIpc) is 3.03. The molecule has 3 nitrogen and oxygen atoms in total. The van der Waals surface area contributed by atoms with Gasteiger partial charge >= 0.3 is 0 Å². The molecule has 140 valence electrons. The van der Waals surface area contributed by atoms with E-state index < -0.39 is 0 Å². The molecule has 0 aromatic rings. The van der Waals surface area contributed by atoms with E-state index in [1.807, 2.05) is 0 Å². The molecule has 0 radical (unpaired) electrons. The van der Waals surface area contributed by atoms with Crippen molar-refractivity contribution in [1.82, 2.24) is 0 Å². The Kier molecular flexibility index (Phi) is 4.10. The smallest absolute Gasteiger partial charge is 0.227 e. The van der Waals surface area contributed by atoms with Crippen molar-refractivity contribution in [3.05, 3.63) is 11.6 Å². The second-order valence-electron chi connectivity index (χ2n) is 9.50. The van der Waals surface area contributed by atoms with E-state index in [4.69, 9.17) is 10.5 Å². The van der Waals surface area contributed by atoms with Gasteiger partial charge < -0.3 is 10.5 Å². The molecule has 2 saturated carbocycles. The Morgan fingerprint density at radius 3 is 2.80 bits per heavy atom. The molecule has 0 bridgehead atoms. The van der Waals surface area contributed by atoms with Crippen molar-refractivity contribution in [2.45, 2.75) is 84.2 Å². The lowest BCUT2D eigenvalue weighted by molar-refractivity contribution is -0.155. The van der Waals surface area contributed by atoms with Crippen LogP contribution < -0.4 is 5.73 Å². The van der Waals surface area contributed by atoms with Gasteiger partial charge in [-0.15, -0.1) is 0 Å². The van der Waals surface area contributed by atoms with E-state index in [0.29, 0.717) is 17.8 Å². The molecule has 3 fully saturated rings. The Hall–Kier alpha value is -0.830. The Morgan fingerprint density at radius 1 is 1.28 bits per heavy atom. The maximum absolute atomic E-state index is 12.5. The van der Waals surface area contributed by atoms with Crippen molar-refractivity contribution in [3.63, 3.8) is 0 Å². The molecular weight excluding hydrogens is 310 g/mol. The lowest BCUT2D eigenvalue weighted by Crippen LogP contribution is -2.59. The highest BCUT2D eigenvalue weighted by atomic mass is 16.5. The molecule has 1 saturated heterocycles. The van der Waals surface area contributed by atoms with E-state index in [0.717, 1.165) is 51.6 Å². The summed E-state index contributed by atoms with van der Waals surface area (Å²) in [4.78, 5) is 12.5. The fourth-order valence-corrected chi connectivity index (χ4v) is 7.55. The number of primary amides is 1. The number of hydrogen-bond donors (Lipinski definition) is 1. The van der Waals surface area contributed by atoms with Gasteiger partial charge in [0.2, 0.25) is 5.91 Å². The molecule has 2 N–H and O–H groups in total. The van der Waals surface area contributed by atoms with E-state index in [2.05, 4.69) is 26.8 Å². The molecule has 4 rings (SSSR count).